The Labute approximate surface area is 196 Å². The Morgan fingerprint density at radius 2 is 1.67 bits per heavy atom. The number of ether oxygens (including phenoxy) is 2. The van der Waals surface area contributed by atoms with Crippen LogP contribution in [-0.2, 0) is 13.1 Å². The third-order valence-corrected chi connectivity index (χ3v) is 6.61. The lowest BCUT2D eigenvalue weighted by atomic mass is 9.93. The molecule has 1 fully saturated rings. The number of amides is 1. The summed E-state index contributed by atoms with van der Waals surface area (Å²) in [6, 6.07) is 18.5. The maximum absolute atomic E-state index is 14.0. The molecule has 5 nitrogen and oxygen atoms in total. The molecule has 0 atom stereocenters. The fourth-order valence-electron chi connectivity index (χ4n) is 4.89. The van der Waals surface area contributed by atoms with E-state index in [2.05, 4.69) is 54.1 Å². The fraction of sp³-hybridized carbons (Fsp3) is 0.393. The normalized spacial score (nSPS) is 14.2. The largest absolute Gasteiger partial charge is 0.496 e. The Morgan fingerprint density at radius 1 is 0.970 bits per heavy atom. The van der Waals surface area contributed by atoms with Crippen LogP contribution in [0.1, 0.15) is 59.3 Å². The molecule has 0 unspecified atom stereocenters. The molecule has 1 aromatic heterocycles. The zero-order valence-electron chi connectivity index (χ0n) is 19.9. The number of hydrogen-bond acceptors (Lipinski definition) is 3. The van der Waals surface area contributed by atoms with E-state index in [1.54, 1.807) is 14.2 Å². The van der Waals surface area contributed by atoms with Crippen molar-refractivity contribution >= 4 is 5.91 Å². The minimum absolute atomic E-state index is 0.0282. The molecule has 0 N–H and O–H groups in total. The van der Waals surface area contributed by atoms with Crippen LogP contribution in [0.25, 0.3) is 0 Å². The van der Waals surface area contributed by atoms with Gasteiger partial charge in [0.25, 0.3) is 5.91 Å². The molecule has 4 rings (SSSR count). The summed E-state index contributed by atoms with van der Waals surface area (Å²) in [5, 5.41) is 0. The van der Waals surface area contributed by atoms with Crippen LogP contribution < -0.4 is 9.47 Å². The van der Waals surface area contributed by atoms with Gasteiger partial charge in [-0.3, -0.25) is 4.79 Å². The molecule has 33 heavy (non-hydrogen) atoms. The van der Waals surface area contributed by atoms with Crippen molar-refractivity contribution in [3.05, 3.63) is 83.2 Å². The first-order chi connectivity index (χ1) is 16.1. The second-order valence-electron chi connectivity index (χ2n) is 8.88. The summed E-state index contributed by atoms with van der Waals surface area (Å²) in [6.07, 6.45) is 7.71. The summed E-state index contributed by atoms with van der Waals surface area (Å²) in [7, 11) is 3.20. The molecule has 1 amide bonds. The first kappa shape index (κ1) is 23.0. The van der Waals surface area contributed by atoms with Gasteiger partial charge >= 0.3 is 0 Å². The molecule has 1 saturated carbocycles. The van der Waals surface area contributed by atoms with Crippen molar-refractivity contribution in [1.29, 1.82) is 0 Å². The van der Waals surface area contributed by atoms with Crippen molar-refractivity contribution in [2.45, 2.75) is 58.2 Å². The molecule has 3 aromatic rings. The third-order valence-electron chi connectivity index (χ3n) is 6.61. The van der Waals surface area contributed by atoms with Crippen LogP contribution in [0.3, 0.4) is 0 Å². The van der Waals surface area contributed by atoms with Crippen molar-refractivity contribution in [3.8, 4) is 11.5 Å². The van der Waals surface area contributed by atoms with Crippen LogP contribution in [0.15, 0.2) is 60.8 Å². The van der Waals surface area contributed by atoms with Crippen LogP contribution >= 0.6 is 0 Å². The first-order valence-corrected chi connectivity index (χ1v) is 11.8. The van der Waals surface area contributed by atoms with E-state index in [0.29, 0.717) is 23.6 Å². The van der Waals surface area contributed by atoms with Crippen molar-refractivity contribution in [2.75, 3.05) is 14.2 Å². The van der Waals surface area contributed by atoms with Crippen LogP contribution in [-0.4, -0.2) is 35.6 Å². The highest BCUT2D eigenvalue weighted by Gasteiger charge is 2.31. The number of rotatable bonds is 8. The Morgan fingerprint density at radius 3 is 2.33 bits per heavy atom. The summed E-state index contributed by atoms with van der Waals surface area (Å²) >= 11 is 0. The lowest BCUT2D eigenvalue weighted by Gasteiger charge is -2.35. The lowest BCUT2D eigenvalue weighted by Crippen LogP contribution is -2.41. The number of nitrogens with zero attached hydrogens (tertiary/aromatic N) is 2. The molecule has 1 aliphatic rings. The first-order valence-electron chi connectivity index (χ1n) is 11.8. The molecule has 174 valence electrons. The molecule has 0 radical (unpaired) electrons. The minimum atomic E-state index is -0.0282. The van der Waals surface area contributed by atoms with Crippen molar-refractivity contribution < 1.29 is 14.3 Å². The standard InChI is InChI=1S/C28H34N2O3/c1-21-10-7-11-22(18-21)19-29-17-9-14-24(29)20-30(23-12-5-4-6-13-23)28(31)27-25(32-2)15-8-16-26(27)33-3/h7-11,14-18,23H,4-6,12-13,19-20H2,1-3H3. The minimum Gasteiger partial charge on any atom is -0.496 e. The predicted molar refractivity (Wildman–Crippen MR) is 131 cm³/mol. The van der Waals surface area contributed by atoms with Gasteiger partial charge < -0.3 is 18.9 Å². The summed E-state index contributed by atoms with van der Waals surface area (Å²) in [5.41, 5.74) is 4.15. The number of carbonyl (C=O) groups is 1. The van der Waals surface area contributed by atoms with Gasteiger partial charge in [-0.15, -0.1) is 0 Å². The van der Waals surface area contributed by atoms with Gasteiger partial charge in [0.1, 0.15) is 17.1 Å². The van der Waals surface area contributed by atoms with Crippen LogP contribution in [0, 0.1) is 6.92 Å². The Hall–Kier alpha value is -3.21. The van der Waals surface area contributed by atoms with Crippen LogP contribution in [0.2, 0.25) is 0 Å². The monoisotopic (exact) mass is 446 g/mol. The number of carbonyl (C=O) groups excluding carboxylic acids is 1. The van der Waals surface area contributed by atoms with E-state index < -0.39 is 0 Å². The molecular formula is C28H34N2O3. The molecule has 0 aliphatic heterocycles. The summed E-state index contributed by atoms with van der Waals surface area (Å²) in [4.78, 5) is 16.0. The van der Waals surface area contributed by atoms with Crippen molar-refractivity contribution in [2.24, 2.45) is 0 Å². The number of methoxy groups -OCH3 is 2. The Kier molecular flexibility index (Phi) is 7.38. The smallest absolute Gasteiger partial charge is 0.262 e. The number of aryl methyl sites for hydroxylation is 1. The van der Waals surface area contributed by atoms with Gasteiger partial charge in [0.15, 0.2) is 0 Å². The average Bonchev–Trinajstić information content (AvgIpc) is 3.28. The second kappa shape index (κ2) is 10.6. The quantitative estimate of drug-likeness (QED) is 0.437. The lowest BCUT2D eigenvalue weighted by molar-refractivity contribution is 0.0602. The molecular weight excluding hydrogens is 412 g/mol. The third kappa shape index (κ3) is 5.24. The van der Waals surface area contributed by atoms with E-state index in [1.807, 2.05) is 23.1 Å². The molecule has 1 aliphatic carbocycles. The van der Waals surface area contributed by atoms with Crippen molar-refractivity contribution in [1.82, 2.24) is 9.47 Å². The molecule has 0 spiro atoms. The highest BCUT2D eigenvalue weighted by Crippen LogP contribution is 2.33. The summed E-state index contributed by atoms with van der Waals surface area (Å²) in [5.74, 6) is 1.07. The topological polar surface area (TPSA) is 43.7 Å². The highest BCUT2D eigenvalue weighted by molar-refractivity contribution is 6.00. The molecule has 2 aromatic carbocycles. The number of hydrogen-bond donors (Lipinski definition) is 0. The van der Waals surface area contributed by atoms with Gasteiger partial charge in [-0.25, -0.2) is 0 Å². The highest BCUT2D eigenvalue weighted by atomic mass is 16.5. The summed E-state index contributed by atoms with van der Waals surface area (Å²) < 4.78 is 13.4. The maximum atomic E-state index is 14.0. The average molecular weight is 447 g/mol. The Bertz CT molecular complexity index is 1060. The Balaban J connectivity index is 1.66. The van der Waals surface area contributed by atoms with E-state index >= 15 is 0 Å². The molecule has 5 heteroatoms. The zero-order chi connectivity index (χ0) is 23.2. The van der Waals surface area contributed by atoms with Gasteiger partial charge in [0, 0.05) is 24.5 Å². The van der Waals surface area contributed by atoms with E-state index in [0.717, 1.165) is 37.9 Å². The van der Waals surface area contributed by atoms with E-state index in [-0.39, 0.29) is 11.9 Å². The predicted octanol–water partition coefficient (Wildman–Crippen LogP) is 5.84. The van der Waals surface area contributed by atoms with Crippen LogP contribution in [0.4, 0.5) is 0 Å². The second-order valence-corrected chi connectivity index (χ2v) is 8.88. The van der Waals surface area contributed by atoms with E-state index in [4.69, 9.17) is 9.47 Å². The fourth-order valence-corrected chi connectivity index (χ4v) is 4.89. The SMILES string of the molecule is COc1cccc(OC)c1C(=O)N(Cc1cccn1Cc1cccc(C)c1)C1CCCCC1. The molecule has 0 bridgehead atoms. The number of aromatic nitrogens is 1. The van der Waals surface area contributed by atoms with Gasteiger partial charge in [-0.05, 0) is 49.6 Å². The van der Waals surface area contributed by atoms with E-state index in [9.17, 15) is 4.79 Å². The van der Waals surface area contributed by atoms with E-state index in [1.165, 1.54) is 17.5 Å². The molecule has 1 heterocycles. The number of benzene rings is 2. The van der Waals surface area contributed by atoms with Gasteiger partial charge in [0.05, 0.1) is 20.8 Å². The van der Waals surface area contributed by atoms with Gasteiger partial charge in [-0.1, -0.05) is 55.2 Å². The zero-order valence-corrected chi connectivity index (χ0v) is 19.9. The summed E-state index contributed by atoms with van der Waals surface area (Å²) in [6.45, 7) is 3.46. The van der Waals surface area contributed by atoms with Gasteiger partial charge in [0.2, 0.25) is 0 Å². The van der Waals surface area contributed by atoms with Crippen molar-refractivity contribution in [3.63, 3.8) is 0 Å². The molecule has 0 saturated heterocycles. The van der Waals surface area contributed by atoms with Crippen LogP contribution in [0.5, 0.6) is 11.5 Å². The van der Waals surface area contributed by atoms with Gasteiger partial charge in [-0.2, -0.15) is 0 Å². The maximum Gasteiger partial charge on any atom is 0.262 e.